The number of hydrogen-bond donors (Lipinski definition) is 0. The van der Waals surface area contributed by atoms with Gasteiger partial charge in [-0.15, -0.1) is 0 Å². The molecule has 1 aliphatic rings. The number of carbonyl (C=O) groups is 1. The first-order valence-corrected chi connectivity index (χ1v) is 4.08. The van der Waals surface area contributed by atoms with Gasteiger partial charge in [-0.05, 0) is 23.8 Å². The fourth-order valence-corrected chi connectivity index (χ4v) is 1.50. The average molecular weight is 209 g/mol. The van der Waals surface area contributed by atoms with Crippen molar-refractivity contribution in [2.75, 3.05) is 0 Å². The van der Waals surface area contributed by atoms with Gasteiger partial charge in [-0.2, -0.15) is 0 Å². The van der Waals surface area contributed by atoms with Crippen molar-refractivity contribution < 1.29 is 4.79 Å². The lowest BCUT2D eigenvalue weighted by Crippen LogP contribution is -1.90. The minimum Gasteiger partial charge on any atom is -0.289 e. The molecule has 0 N–H and O–H groups in total. The maximum absolute atomic E-state index is 11.1. The summed E-state index contributed by atoms with van der Waals surface area (Å²) in [7, 11) is 0. The third-order valence-corrected chi connectivity index (χ3v) is 2.19. The summed E-state index contributed by atoms with van der Waals surface area (Å²) in [6, 6.07) is 5.71. The Balaban J connectivity index is 2.67. The molecule has 0 bridgehead atoms. The monoisotopic (exact) mass is 208 g/mol. The first-order chi connectivity index (χ1) is 5.27. The zero-order valence-electron chi connectivity index (χ0n) is 5.67. The van der Waals surface area contributed by atoms with E-state index in [1.54, 1.807) is 6.08 Å². The highest BCUT2D eigenvalue weighted by Gasteiger charge is 2.12. The van der Waals surface area contributed by atoms with Crippen LogP contribution < -0.4 is 0 Å². The third kappa shape index (κ3) is 1.03. The van der Waals surface area contributed by atoms with Gasteiger partial charge in [0.05, 0.1) is 0 Å². The Labute approximate surface area is 72.9 Å². The Morgan fingerprint density at radius 2 is 2.00 bits per heavy atom. The third-order valence-electron chi connectivity index (χ3n) is 1.70. The topological polar surface area (TPSA) is 17.1 Å². The molecule has 2 rings (SSSR count). The Kier molecular flexibility index (Phi) is 1.43. The van der Waals surface area contributed by atoms with Crippen molar-refractivity contribution in [3.8, 4) is 0 Å². The molecule has 1 nitrogen and oxygen atoms in total. The summed E-state index contributed by atoms with van der Waals surface area (Å²) in [6.45, 7) is 0. The number of rotatable bonds is 0. The number of ketones is 1. The van der Waals surface area contributed by atoms with E-state index in [-0.39, 0.29) is 5.78 Å². The minimum absolute atomic E-state index is 0.0984. The van der Waals surface area contributed by atoms with Crippen LogP contribution in [0.2, 0.25) is 0 Å². The van der Waals surface area contributed by atoms with E-state index in [2.05, 4.69) is 15.9 Å². The van der Waals surface area contributed by atoms with Crippen molar-refractivity contribution in [3.63, 3.8) is 0 Å². The second-order valence-corrected chi connectivity index (χ2v) is 3.34. The maximum Gasteiger partial charge on any atom is 0.186 e. The van der Waals surface area contributed by atoms with Gasteiger partial charge in [-0.3, -0.25) is 4.79 Å². The van der Waals surface area contributed by atoms with E-state index in [1.165, 1.54) is 0 Å². The van der Waals surface area contributed by atoms with Gasteiger partial charge in [-0.1, -0.05) is 28.1 Å². The lowest BCUT2D eigenvalue weighted by atomic mass is 10.1. The molecule has 1 aliphatic carbocycles. The quantitative estimate of drug-likeness (QED) is 0.641. The second-order valence-electron chi connectivity index (χ2n) is 2.43. The lowest BCUT2D eigenvalue weighted by Gasteiger charge is -1.96. The highest BCUT2D eigenvalue weighted by atomic mass is 79.9. The van der Waals surface area contributed by atoms with Crippen LogP contribution in [-0.2, 0) is 0 Å². The summed E-state index contributed by atoms with van der Waals surface area (Å²) in [5.74, 6) is 0.0984. The lowest BCUT2D eigenvalue weighted by molar-refractivity contribution is 0.105. The Bertz CT molecular complexity index is 353. The van der Waals surface area contributed by atoms with Crippen LogP contribution in [0, 0.1) is 0 Å². The molecule has 0 aliphatic heterocycles. The SMILES string of the molecule is O=C1C=Cc2ccc(Br)cc21. The van der Waals surface area contributed by atoms with E-state index in [1.807, 2.05) is 24.3 Å². The fraction of sp³-hybridized carbons (Fsp3) is 0. The molecular weight excluding hydrogens is 204 g/mol. The van der Waals surface area contributed by atoms with Crippen LogP contribution in [-0.4, -0.2) is 5.78 Å². The average Bonchev–Trinajstić information content (AvgIpc) is 2.33. The van der Waals surface area contributed by atoms with Gasteiger partial charge >= 0.3 is 0 Å². The molecule has 0 saturated heterocycles. The van der Waals surface area contributed by atoms with Crippen LogP contribution in [0.4, 0.5) is 0 Å². The molecule has 0 amide bonds. The van der Waals surface area contributed by atoms with Gasteiger partial charge in [0.15, 0.2) is 5.78 Å². The highest BCUT2D eigenvalue weighted by Crippen LogP contribution is 2.22. The smallest absolute Gasteiger partial charge is 0.186 e. The van der Waals surface area contributed by atoms with Crippen molar-refractivity contribution in [2.24, 2.45) is 0 Å². The van der Waals surface area contributed by atoms with Gasteiger partial charge in [0, 0.05) is 10.0 Å². The van der Waals surface area contributed by atoms with Gasteiger partial charge in [0.25, 0.3) is 0 Å². The molecule has 0 unspecified atom stereocenters. The molecule has 2 heteroatoms. The number of halogens is 1. The van der Waals surface area contributed by atoms with E-state index in [4.69, 9.17) is 0 Å². The van der Waals surface area contributed by atoms with E-state index in [0.29, 0.717) is 0 Å². The zero-order chi connectivity index (χ0) is 7.84. The molecule has 0 aromatic heterocycles. The number of hydrogen-bond acceptors (Lipinski definition) is 1. The van der Waals surface area contributed by atoms with Gasteiger partial charge < -0.3 is 0 Å². The summed E-state index contributed by atoms with van der Waals surface area (Å²) in [4.78, 5) is 11.1. The van der Waals surface area contributed by atoms with E-state index in [0.717, 1.165) is 15.6 Å². The van der Waals surface area contributed by atoms with Crippen molar-refractivity contribution in [1.82, 2.24) is 0 Å². The standard InChI is InChI=1S/C9H5BrO/c10-7-3-1-6-2-4-9(11)8(6)5-7/h1-5H. The summed E-state index contributed by atoms with van der Waals surface area (Å²) in [6.07, 6.45) is 3.43. The Hall–Kier alpha value is -0.890. The van der Waals surface area contributed by atoms with Crippen LogP contribution in [0.1, 0.15) is 15.9 Å². The molecular formula is C9H5BrO. The van der Waals surface area contributed by atoms with Crippen molar-refractivity contribution in [3.05, 3.63) is 39.9 Å². The predicted octanol–water partition coefficient (Wildman–Crippen LogP) is 2.66. The molecule has 11 heavy (non-hydrogen) atoms. The molecule has 0 spiro atoms. The molecule has 1 aromatic rings. The zero-order valence-corrected chi connectivity index (χ0v) is 7.26. The first-order valence-electron chi connectivity index (χ1n) is 3.29. The Morgan fingerprint density at radius 1 is 1.18 bits per heavy atom. The maximum atomic E-state index is 11.1. The van der Waals surface area contributed by atoms with Gasteiger partial charge in [-0.25, -0.2) is 0 Å². The fourth-order valence-electron chi connectivity index (χ4n) is 1.14. The van der Waals surface area contributed by atoms with Crippen molar-refractivity contribution in [1.29, 1.82) is 0 Å². The van der Waals surface area contributed by atoms with Crippen LogP contribution in [0.25, 0.3) is 6.08 Å². The second kappa shape index (κ2) is 2.31. The summed E-state index contributed by atoms with van der Waals surface area (Å²) in [5, 5.41) is 0. The number of benzene rings is 1. The number of fused-ring (bicyclic) bond motifs is 1. The predicted molar refractivity (Wildman–Crippen MR) is 47.5 cm³/mol. The molecule has 0 atom stereocenters. The van der Waals surface area contributed by atoms with E-state index < -0.39 is 0 Å². The van der Waals surface area contributed by atoms with Crippen LogP contribution in [0.15, 0.2) is 28.7 Å². The van der Waals surface area contributed by atoms with Crippen molar-refractivity contribution in [2.45, 2.75) is 0 Å². The van der Waals surface area contributed by atoms with Crippen LogP contribution in [0.5, 0.6) is 0 Å². The Morgan fingerprint density at radius 3 is 2.82 bits per heavy atom. The van der Waals surface area contributed by atoms with Gasteiger partial charge in [0.1, 0.15) is 0 Å². The number of allylic oxidation sites excluding steroid dienone is 1. The minimum atomic E-state index is 0.0984. The van der Waals surface area contributed by atoms with E-state index in [9.17, 15) is 4.79 Å². The molecule has 0 saturated carbocycles. The molecule has 54 valence electrons. The van der Waals surface area contributed by atoms with Crippen LogP contribution in [0.3, 0.4) is 0 Å². The number of carbonyl (C=O) groups excluding carboxylic acids is 1. The van der Waals surface area contributed by atoms with Gasteiger partial charge in [0.2, 0.25) is 0 Å². The molecule has 0 fully saturated rings. The summed E-state index contributed by atoms with van der Waals surface area (Å²) >= 11 is 3.31. The largest absolute Gasteiger partial charge is 0.289 e. The first kappa shape index (κ1) is 6.80. The van der Waals surface area contributed by atoms with Crippen molar-refractivity contribution >= 4 is 27.8 Å². The molecule has 0 heterocycles. The highest BCUT2D eigenvalue weighted by molar-refractivity contribution is 9.10. The van der Waals surface area contributed by atoms with Crippen LogP contribution >= 0.6 is 15.9 Å². The molecule has 1 aromatic carbocycles. The van der Waals surface area contributed by atoms with E-state index >= 15 is 0 Å². The molecule has 0 radical (unpaired) electrons. The normalized spacial score (nSPS) is 13.7. The summed E-state index contributed by atoms with van der Waals surface area (Å²) in [5.41, 5.74) is 1.80. The summed E-state index contributed by atoms with van der Waals surface area (Å²) < 4.78 is 0.952.